The van der Waals surface area contributed by atoms with E-state index in [0.29, 0.717) is 29.3 Å². The maximum Gasteiger partial charge on any atom is 0.255 e. The Bertz CT molecular complexity index is 1020. The van der Waals surface area contributed by atoms with Crippen molar-refractivity contribution in [1.29, 1.82) is 0 Å². The fraction of sp³-hybridized carbons (Fsp3) is 0.429. The Kier molecular flexibility index (Phi) is 5.08. The smallest absolute Gasteiger partial charge is 0.255 e. The zero-order chi connectivity index (χ0) is 20.5. The molecule has 2 aliphatic rings. The van der Waals surface area contributed by atoms with Gasteiger partial charge in [-0.05, 0) is 38.3 Å². The summed E-state index contributed by atoms with van der Waals surface area (Å²) in [4.78, 5) is 46.1. The van der Waals surface area contributed by atoms with Crippen LogP contribution in [0.2, 0.25) is 0 Å². The number of amides is 2. The van der Waals surface area contributed by atoms with Crippen LogP contribution in [0.5, 0.6) is 0 Å². The Morgan fingerprint density at radius 3 is 2.86 bits per heavy atom. The van der Waals surface area contributed by atoms with E-state index < -0.39 is 0 Å². The van der Waals surface area contributed by atoms with Crippen molar-refractivity contribution in [2.24, 2.45) is 0 Å². The number of H-pyrrole nitrogens is 1. The molecule has 4 rings (SSSR count). The summed E-state index contributed by atoms with van der Waals surface area (Å²) in [6.07, 6.45) is 1.97. The molecule has 152 valence electrons. The minimum absolute atomic E-state index is 0.0319. The molecule has 0 bridgehead atoms. The van der Waals surface area contributed by atoms with Gasteiger partial charge in [-0.2, -0.15) is 0 Å². The molecule has 2 atom stereocenters. The fourth-order valence-corrected chi connectivity index (χ4v) is 4.02. The van der Waals surface area contributed by atoms with Gasteiger partial charge in [-0.3, -0.25) is 19.4 Å². The Morgan fingerprint density at radius 2 is 2.07 bits per heavy atom. The molecule has 1 fully saturated rings. The summed E-state index contributed by atoms with van der Waals surface area (Å²) in [5, 5.41) is 5.96. The second-order valence-corrected chi connectivity index (χ2v) is 7.77. The van der Waals surface area contributed by atoms with Gasteiger partial charge in [-0.1, -0.05) is 18.2 Å². The van der Waals surface area contributed by atoms with Gasteiger partial charge in [0.1, 0.15) is 0 Å². The lowest BCUT2D eigenvalue weighted by Crippen LogP contribution is -2.49. The first-order valence-electron chi connectivity index (χ1n) is 9.94. The van der Waals surface area contributed by atoms with Gasteiger partial charge in [-0.15, -0.1) is 0 Å². The van der Waals surface area contributed by atoms with E-state index in [1.807, 2.05) is 30.0 Å². The molecule has 1 aromatic heterocycles. The first kappa shape index (κ1) is 19.2. The third-order valence-electron chi connectivity index (χ3n) is 5.74. The molecule has 0 saturated carbocycles. The number of hydrogen-bond donors (Lipinski definition) is 3. The Morgan fingerprint density at radius 1 is 1.28 bits per heavy atom. The average molecular weight is 395 g/mol. The van der Waals surface area contributed by atoms with Gasteiger partial charge in [0.25, 0.3) is 11.5 Å². The number of carbonyl (C=O) groups is 2. The van der Waals surface area contributed by atoms with Crippen molar-refractivity contribution in [3.05, 3.63) is 57.0 Å². The van der Waals surface area contributed by atoms with Crippen LogP contribution in [0, 0.1) is 13.8 Å². The quantitative estimate of drug-likeness (QED) is 0.724. The van der Waals surface area contributed by atoms with E-state index in [0.717, 1.165) is 24.9 Å². The van der Waals surface area contributed by atoms with E-state index in [4.69, 9.17) is 0 Å². The van der Waals surface area contributed by atoms with Crippen LogP contribution in [0.15, 0.2) is 29.1 Å². The van der Waals surface area contributed by atoms with Crippen LogP contribution in [0.3, 0.4) is 0 Å². The molecule has 3 heterocycles. The summed E-state index contributed by atoms with van der Waals surface area (Å²) in [5.74, 6) is 0.321. The topological polar surface area (TPSA) is 107 Å². The van der Waals surface area contributed by atoms with E-state index in [9.17, 15) is 14.4 Å². The maximum absolute atomic E-state index is 12.6. The highest BCUT2D eigenvalue weighted by Gasteiger charge is 2.30. The van der Waals surface area contributed by atoms with Crippen molar-refractivity contribution < 1.29 is 9.59 Å². The molecule has 8 heteroatoms. The second-order valence-electron chi connectivity index (χ2n) is 7.77. The van der Waals surface area contributed by atoms with Gasteiger partial charge < -0.3 is 15.5 Å². The van der Waals surface area contributed by atoms with Crippen LogP contribution in [0.1, 0.15) is 52.5 Å². The summed E-state index contributed by atoms with van der Waals surface area (Å²) >= 11 is 0. The number of aromatic nitrogens is 2. The maximum atomic E-state index is 12.6. The van der Waals surface area contributed by atoms with Crippen LogP contribution in [0.25, 0.3) is 0 Å². The monoisotopic (exact) mass is 395 g/mol. The molecular formula is C21H25N5O3. The first-order chi connectivity index (χ1) is 13.9. The largest absolute Gasteiger partial charge is 0.352 e. The number of nitrogens with one attached hydrogen (secondary N) is 3. The summed E-state index contributed by atoms with van der Waals surface area (Å²) in [7, 11) is 0. The summed E-state index contributed by atoms with van der Waals surface area (Å²) in [5.41, 5.74) is 2.71. The molecule has 3 N–H and O–H groups in total. The Balaban J connectivity index is 1.39. The van der Waals surface area contributed by atoms with Crippen molar-refractivity contribution in [1.82, 2.24) is 20.6 Å². The summed E-state index contributed by atoms with van der Waals surface area (Å²) in [6, 6.07) is 7.03. The SMILES string of the molecule is Cc1nc(N2CCC[C@@H](NC(=O)C[C@H]3NC(=O)c4ccccc43)C2)[nH]c(=O)c1C. The molecular weight excluding hydrogens is 370 g/mol. The molecule has 29 heavy (non-hydrogen) atoms. The van der Waals surface area contributed by atoms with Gasteiger partial charge in [0.05, 0.1) is 12.5 Å². The third-order valence-corrected chi connectivity index (χ3v) is 5.74. The normalized spacial score (nSPS) is 20.9. The van der Waals surface area contributed by atoms with Gasteiger partial charge in [-0.25, -0.2) is 4.98 Å². The molecule has 0 spiro atoms. The van der Waals surface area contributed by atoms with Crippen LogP contribution < -0.4 is 21.1 Å². The summed E-state index contributed by atoms with van der Waals surface area (Å²) < 4.78 is 0. The Labute approximate surface area is 168 Å². The van der Waals surface area contributed by atoms with E-state index in [1.165, 1.54) is 0 Å². The van der Waals surface area contributed by atoms with Crippen LogP contribution in [-0.2, 0) is 4.79 Å². The predicted octanol–water partition coefficient (Wildman–Crippen LogP) is 1.35. The number of fused-ring (bicyclic) bond motifs is 1. The number of aryl methyl sites for hydroxylation is 1. The minimum atomic E-state index is -0.295. The van der Waals surface area contributed by atoms with Gasteiger partial charge in [0.2, 0.25) is 11.9 Å². The molecule has 0 unspecified atom stereocenters. The molecule has 2 aliphatic heterocycles. The highest BCUT2D eigenvalue weighted by Crippen LogP contribution is 2.27. The number of benzene rings is 1. The minimum Gasteiger partial charge on any atom is -0.352 e. The molecule has 0 aliphatic carbocycles. The average Bonchev–Trinajstić information content (AvgIpc) is 3.01. The summed E-state index contributed by atoms with van der Waals surface area (Å²) in [6.45, 7) is 4.95. The van der Waals surface area contributed by atoms with Crippen molar-refractivity contribution in [3.8, 4) is 0 Å². The zero-order valence-corrected chi connectivity index (χ0v) is 16.6. The van der Waals surface area contributed by atoms with Crippen molar-refractivity contribution in [2.75, 3.05) is 18.0 Å². The van der Waals surface area contributed by atoms with E-state index in [1.54, 1.807) is 13.0 Å². The fourth-order valence-electron chi connectivity index (χ4n) is 4.02. The van der Waals surface area contributed by atoms with E-state index in [2.05, 4.69) is 20.6 Å². The predicted molar refractivity (Wildman–Crippen MR) is 109 cm³/mol. The highest BCUT2D eigenvalue weighted by molar-refractivity contribution is 5.99. The number of hydrogen-bond acceptors (Lipinski definition) is 5. The molecule has 8 nitrogen and oxygen atoms in total. The van der Waals surface area contributed by atoms with E-state index in [-0.39, 0.29) is 35.9 Å². The molecule has 2 aromatic rings. The molecule has 2 amide bonds. The third kappa shape index (κ3) is 3.87. The van der Waals surface area contributed by atoms with Gasteiger partial charge in [0, 0.05) is 36.0 Å². The highest BCUT2D eigenvalue weighted by atomic mass is 16.2. The lowest BCUT2D eigenvalue weighted by molar-refractivity contribution is -0.122. The number of aromatic amines is 1. The van der Waals surface area contributed by atoms with Crippen LogP contribution in [0.4, 0.5) is 5.95 Å². The lowest BCUT2D eigenvalue weighted by atomic mass is 10.0. The lowest BCUT2D eigenvalue weighted by Gasteiger charge is -2.33. The number of piperidine rings is 1. The number of anilines is 1. The number of nitrogens with zero attached hydrogens (tertiary/aromatic N) is 2. The van der Waals surface area contributed by atoms with Crippen LogP contribution >= 0.6 is 0 Å². The second kappa shape index (κ2) is 7.69. The zero-order valence-electron chi connectivity index (χ0n) is 16.6. The molecule has 0 radical (unpaired) electrons. The number of carbonyl (C=O) groups excluding carboxylic acids is 2. The number of rotatable bonds is 4. The van der Waals surface area contributed by atoms with Gasteiger partial charge >= 0.3 is 0 Å². The van der Waals surface area contributed by atoms with Crippen molar-refractivity contribution >= 4 is 17.8 Å². The Hall–Kier alpha value is -3.16. The molecule has 1 aromatic carbocycles. The van der Waals surface area contributed by atoms with Crippen molar-refractivity contribution in [2.45, 2.75) is 45.2 Å². The first-order valence-corrected chi connectivity index (χ1v) is 9.94. The standard InChI is InChI=1S/C21H25N5O3/c1-12-13(2)22-21(25-19(12)28)26-9-5-6-14(11-26)23-18(27)10-17-15-7-3-4-8-16(15)20(29)24-17/h3-4,7-8,14,17H,5-6,9-11H2,1-2H3,(H,23,27)(H,24,29)(H,22,25,28)/t14-,17-/m1/s1. The van der Waals surface area contributed by atoms with Gasteiger partial charge in [0.15, 0.2) is 0 Å². The van der Waals surface area contributed by atoms with E-state index >= 15 is 0 Å². The van der Waals surface area contributed by atoms with Crippen molar-refractivity contribution in [3.63, 3.8) is 0 Å². The van der Waals surface area contributed by atoms with Crippen LogP contribution in [-0.4, -0.2) is 40.9 Å². The molecule has 1 saturated heterocycles.